The molecule has 0 fully saturated rings. The highest BCUT2D eigenvalue weighted by atomic mass is 79.9. The van der Waals surface area contributed by atoms with Crippen molar-refractivity contribution in [3.05, 3.63) is 58.6 Å². The van der Waals surface area contributed by atoms with Crippen molar-refractivity contribution >= 4 is 21.9 Å². The molecular formula is C17H17BrO4. The minimum Gasteiger partial charge on any atom is -0.493 e. The summed E-state index contributed by atoms with van der Waals surface area (Å²) in [6, 6.07) is 14.9. The normalized spacial score (nSPS) is 10.1. The second-order valence-electron chi connectivity index (χ2n) is 4.54. The van der Waals surface area contributed by atoms with E-state index in [4.69, 9.17) is 14.2 Å². The van der Waals surface area contributed by atoms with Gasteiger partial charge in [-0.05, 0) is 29.8 Å². The Bertz CT molecular complexity index is 610. The number of ether oxygens (including phenoxy) is 3. The van der Waals surface area contributed by atoms with Gasteiger partial charge in [0.05, 0.1) is 20.1 Å². The van der Waals surface area contributed by atoms with Crippen LogP contribution in [0.1, 0.15) is 12.0 Å². The van der Waals surface area contributed by atoms with Crippen LogP contribution in [0.4, 0.5) is 0 Å². The Kier molecular flexibility index (Phi) is 6.27. The first-order valence-corrected chi connectivity index (χ1v) is 7.64. The number of hydrogen-bond donors (Lipinski definition) is 0. The van der Waals surface area contributed by atoms with E-state index < -0.39 is 0 Å². The summed E-state index contributed by atoms with van der Waals surface area (Å²) in [6.45, 7) is 0.514. The standard InChI is InChI=1S/C17H17BrO4/c1-20-15-4-2-3-5-16(15)21-11-10-17(19)22-12-13-6-8-14(18)9-7-13/h2-9H,10-12H2,1H3. The number of para-hydroxylation sites is 2. The van der Waals surface area contributed by atoms with Gasteiger partial charge < -0.3 is 14.2 Å². The van der Waals surface area contributed by atoms with Crippen molar-refractivity contribution in [3.8, 4) is 11.5 Å². The van der Waals surface area contributed by atoms with Crippen molar-refractivity contribution in [1.29, 1.82) is 0 Å². The molecule has 0 N–H and O–H groups in total. The number of esters is 1. The van der Waals surface area contributed by atoms with E-state index in [0.29, 0.717) is 11.5 Å². The van der Waals surface area contributed by atoms with Crippen LogP contribution < -0.4 is 9.47 Å². The van der Waals surface area contributed by atoms with Crippen LogP contribution in [0.25, 0.3) is 0 Å². The van der Waals surface area contributed by atoms with Crippen molar-refractivity contribution in [3.63, 3.8) is 0 Å². The average molecular weight is 365 g/mol. The summed E-state index contributed by atoms with van der Waals surface area (Å²) in [7, 11) is 1.58. The van der Waals surface area contributed by atoms with Crippen LogP contribution in [0.15, 0.2) is 53.0 Å². The lowest BCUT2D eigenvalue weighted by atomic mass is 10.2. The molecule has 0 bridgehead atoms. The van der Waals surface area contributed by atoms with Gasteiger partial charge in [0.2, 0.25) is 0 Å². The lowest BCUT2D eigenvalue weighted by molar-refractivity contribution is -0.145. The van der Waals surface area contributed by atoms with Crippen molar-refractivity contribution in [1.82, 2.24) is 0 Å². The first kappa shape index (κ1) is 16.4. The lowest BCUT2D eigenvalue weighted by Crippen LogP contribution is -2.10. The number of carbonyl (C=O) groups is 1. The topological polar surface area (TPSA) is 44.8 Å². The fourth-order valence-electron chi connectivity index (χ4n) is 1.80. The summed E-state index contributed by atoms with van der Waals surface area (Å²) >= 11 is 3.36. The van der Waals surface area contributed by atoms with Crippen molar-refractivity contribution in [2.24, 2.45) is 0 Å². The monoisotopic (exact) mass is 364 g/mol. The molecule has 116 valence electrons. The highest BCUT2D eigenvalue weighted by Gasteiger charge is 2.06. The second-order valence-corrected chi connectivity index (χ2v) is 5.45. The minimum absolute atomic E-state index is 0.189. The summed E-state index contributed by atoms with van der Waals surface area (Å²) in [5.41, 5.74) is 0.946. The van der Waals surface area contributed by atoms with E-state index in [1.54, 1.807) is 19.2 Å². The third-order valence-corrected chi connectivity index (χ3v) is 3.47. The van der Waals surface area contributed by atoms with E-state index in [0.717, 1.165) is 10.0 Å². The third kappa shape index (κ3) is 5.07. The Hall–Kier alpha value is -2.01. The zero-order valence-electron chi connectivity index (χ0n) is 12.3. The number of benzene rings is 2. The molecule has 2 rings (SSSR count). The molecule has 2 aromatic carbocycles. The Balaban J connectivity index is 1.72. The number of methoxy groups -OCH3 is 1. The molecule has 0 atom stereocenters. The van der Waals surface area contributed by atoms with Gasteiger partial charge in [-0.1, -0.05) is 40.2 Å². The van der Waals surface area contributed by atoms with Crippen LogP contribution in [0.5, 0.6) is 11.5 Å². The maximum atomic E-state index is 11.7. The summed E-state index contributed by atoms with van der Waals surface area (Å²) in [4.78, 5) is 11.7. The van der Waals surface area contributed by atoms with Crippen molar-refractivity contribution < 1.29 is 19.0 Å². The molecule has 4 nitrogen and oxygen atoms in total. The molecule has 0 spiro atoms. The van der Waals surface area contributed by atoms with Crippen LogP contribution >= 0.6 is 15.9 Å². The molecule has 0 aromatic heterocycles. The van der Waals surface area contributed by atoms with E-state index in [2.05, 4.69) is 15.9 Å². The third-order valence-electron chi connectivity index (χ3n) is 2.95. The van der Waals surface area contributed by atoms with E-state index in [9.17, 15) is 4.79 Å². The van der Waals surface area contributed by atoms with E-state index in [-0.39, 0.29) is 25.6 Å². The highest BCUT2D eigenvalue weighted by Crippen LogP contribution is 2.25. The predicted molar refractivity (Wildman–Crippen MR) is 87.0 cm³/mol. The number of halogens is 1. The average Bonchev–Trinajstić information content (AvgIpc) is 2.55. The SMILES string of the molecule is COc1ccccc1OCCC(=O)OCc1ccc(Br)cc1. The number of rotatable bonds is 7. The Morgan fingerprint density at radius 1 is 1.05 bits per heavy atom. The van der Waals surface area contributed by atoms with Gasteiger partial charge in [-0.15, -0.1) is 0 Å². The van der Waals surface area contributed by atoms with E-state index in [1.165, 1.54) is 0 Å². The number of carbonyl (C=O) groups excluding carboxylic acids is 1. The fraction of sp³-hybridized carbons (Fsp3) is 0.235. The van der Waals surface area contributed by atoms with Crippen molar-refractivity contribution in [2.75, 3.05) is 13.7 Å². The van der Waals surface area contributed by atoms with Crippen LogP contribution in [0.2, 0.25) is 0 Å². The smallest absolute Gasteiger partial charge is 0.309 e. The quantitative estimate of drug-likeness (QED) is 0.697. The van der Waals surface area contributed by atoms with Crippen molar-refractivity contribution in [2.45, 2.75) is 13.0 Å². The van der Waals surface area contributed by atoms with Gasteiger partial charge in [0.1, 0.15) is 6.61 Å². The molecular weight excluding hydrogens is 348 g/mol. The molecule has 0 aliphatic carbocycles. The van der Waals surface area contributed by atoms with Crippen LogP contribution in [-0.4, -0.2) is 19.7 Å². The Morgan fingerprint density at radius 3 is 2.41 bits per heavy atom. The van der Waals surface area contributed by atoms with Crippen LogP contribution in [0, 0.1) is 0 Å². The first-order valence-electron chi connectivity index (χ1n) is 6.85. The molecule has 2 aromatic rings. The second kappa shape index (κ2) is 8.44. The molecule has 22 heavy (non-hydrogen) atoms. The molecule has 5 heteroatoms. The minimum atomic E-state index is -0.294. The predicted octanol–water partition coefficient (Wildman–Crippen LogP) is 3.97. The van der Waals surface area contributed by atoms with Crippen LogP contribution in [0.3, 0.4) is 0 Å². The zero-order valence-corrected chi connectivity index (χ0v) is 13.8. The molecule has 0 saturated heterocycles. The van der Waals surface area contributed by atoms with Crippen LogP contribution in [-0.2, 0) is 16.1 Å². The van der Waals surface area contributed by atoms with Gasteiger partial charge in [0, 0.05) is 4.47 Å². The largest absolute Gasteiger partial charge is 0.493 e. The van der Waals surface area contributed by atoms with Gasteiger partial charge in [0.25, 0.3) is 0 Å². The first-order chi connectivity index (χ1) is 10.7. The molecule has 0 heterocycles. The molecule has 0 unspecified atom stereocenters. The maximum absolute atomic E-state index is 11.7. The summed E-state index contributed by atoms with van der Waals surface area (Å²) in [5.74, 6) is 0.967. The highest BCUT2D eigenvalue weighted by molar-refractivity contribution is 9.10. The van der Waals surface area contributed by atoms with Gasteiger partial charge in [-0.2, -0.15) is 0 Å². The molecule has 0 radical (unpaired) electrons. The lowest BCUT2D eigenvalue weighted by Gasteiger charge is -2.10. The Morgan fingerprint density at radius 2 is 1.73 bits per heavy atom. The van der Waals surface area contributed by atoms with Gasteiger partial charge in [-0.25, -0.2) is 0 Å². The molecule has 0 aliphatic heterocycles. The molecule has 0 aliphatic rings. The van der Waals surface area contributed by atoms with Gasteiger partial charge >= 0.3 is 5.97 Å². The van der Waals surface area contributed by atoms with E-state index >= 15 is 0 Å². The summed E-state index contributed by atoms with van der Waals surface area (Å²) < 4.78 is 16.9. The summed E-state index contributed by atoms with van der Waals surface area (Å²) in [6.07, 6.45) is 0.189. The Labute approximate surface area is 138 Å². The van der Waals surface area contributed by atoms with Gasteiger partial charge in [-0.3, -0.25) is 4.79 Å². The number of hydrogen-bond acceptors (Lipinski definition) is 4. The fourth-order valence-corrected chi connectivity index (χ4v) is 2.06. The summed E-state index contributed by atoms with van der Waals surface area (Å²) in [5, 5.41) is 0. The zero-order chi connectivity index (χ0) is 15.8. The van der Waals surface area contributed by atoms with E-state index in [1.807, 2.05) is 36.4 Å². The molecule has 0 amide bonds. The van der Waals surface area contributed by atoms with Gasteiger partial charge in [0.15, 0.2) is 11.5 Å². The molecule has 0 saturated carbocycles. The maximum Gasteiger partial charge on any atom is 0.309 e.